The van der Waals surface area contributed by atoms with Crippen molar-refractivity contribution in [2.24, 2.45) is 0 Å². The Morgan fingerprint density at radius 1 is 1.00 bits per heavy atom. The molecule has 1 heterocycles. The molecule has 3 rings (SSSR count). The molecule has 1 amide bonds. The lowest BCUT2D eigenvalue weighted by Gasteiger charge is -2.22. The molecule has 2 aromatic carbocycles. The fourth-order valence-corrected chi connectivity index (χ4v) is 3.73. The first-order valence-electron chi connectivity index (χ1n) is 8.63. The zero-order valence-electron chi connectivity index (χ0n) is 15.1. The van der Waals surface area contributed by atoms with Gasteiger partial charge in [0.2, 0.25) is 5.91 Å². The van der Waals surface area contributed by atoms with E-state index < -0.39 is 0 Å². The highest BCUT2D eigenvalue weighted by molar-refractivity contribution is 7.10. The normalized spacial score (nSPS) is 10.9. The smallest absolute Gasteiger partial charge is 0.248 e. The van der Waals surface area contributed by atoms with Gasteiger partial charge < -0.3 is 9.64 Å². The third kappa shape index (κ3) is 4.59. The molecule has 0 atom stereocenters. The highest BCUT2D eigenvalue weighted by Gasteiger charge is 2.18. The first-order valence-corrected chi connectivity index (χ1v) is 9.51. The summed E-state index contributed by atoms with van der Waals surface area (Å²) in [6.07, 6.45) is -0.252. The molecule has 0 fully saturated rings. The Morgan fingerprint density at radius 2 is 1.58 bits per heavy atom. The predicted molar refractivity (Wildman–Crippen MR) is 106 cm³/mol. The van der Waals surface area contributed by atoms with Gasteiger partial charge in [0, 0.05) is 11.9 Å². The largest absolute Gasteiger partial charge is 0.359 e. The maximum atomic E-state index is 12.6. The molecule has 134 valence electrons. The molecule has 0 bridgehead atoms. The molecule has 0 unspecified atom stereocenters. The minimum atomic E-state index is -0.252. The van der Waals surface area contributed by atoms with Gasteiger partial charge in [0.05, 0.1) is 6.54 Å². The first kappa shape index (κ1) is 18.4. The summed E-state index contributed by atoms with van der Waals surface area (Å²) in [7, 11) is 1.82. The number of ether oxygens (including phenoxy) is 1. The van der Waals surface area contributed by atoms with Crippen LogP contribution < -0.4 is 0 Å². The molecule has 0 aliphatic heterocycles. The number of rotatable bonds is 7. The van der Waals surface area contributed by atoms with Crippen LogP contribution in [-0.4, -0.2) is 24.5 Å². The summed E-state index contributed by atoms with van der Waals surface area (Å²) in [4.78, 5) is 15.5. The number of thiophene rings is 1. The molecule has 0 saturated heterocycles. The minimum Gasteiger partial charge on any atom is -0.359 e. The fraction of sp³-hybridized carbons (Fsp3) is 0.227. The Kier molecular flexibility index (Phi) is 6.21. The first-order chi connectivity index (χ1) is 12.6. The van der Waals surface area contributed by atoms with Gasteiger partial charge >= 0.3 is 0 Å². The van der Waals surface area contributed by atoms with Crippen LogP contribution in [0.25, 0.3) is 0 Å². The second-order valence-electron chi connectivity index (χ2n) is 6.29. The van der Waals surface area contributed by atoms with E-state index in [-0.39, 0.29) is 18.6 Å². The van der Waals surface area contributed by atoms with Gasteiger partial charge in [-0.1, -0.05) is 60.7 Å². The van der Waals surface area contributed by atoms with Crippen molar-refractivity contribution in [2.45, 2.75) is 19.6 Å². The van der Waals surface area contributed by atoms with E-state index in [1.54, 1.807) is 16.2 Å². The Morgan fingerprint density at radius 3 is 2.08 bits per heavy atom. The molecule has 0 saturated carbocycles. The van der Waals surface area contributed by atoms with Crippen molar-refractivity contribution in [2.75, 3.05) is 13.7 Å². The van der Waals surface area contributed by atoms with Crippen molar-refractivity contribution in [1.82, 2.24) is 4.90 Å². The summed E-state index contributed by atoms with van der Waals surface area (Å²) in [5.41, 5.74) is 3.31. The van der Waals surface area contributed by atoms with E-state index in [2.05, 4.69) is 18.4 Å². The molecule has 0 radical (unpaired) electrons. The van der Waals surface area contributed by atoms with Crippen molar-refractivity contribution in [3.63, 3.8) is 0 Å². The summed E-state index contributed by atoms with van der Waals surface area (Å²) >= 11 is 1.68. The number of hydrogen-bond acceptors (Lipinski definition) is 3. The van der Waals surface area contributed by atoms with Crippen LogP contribution in [0.5, 0.6) is 0 Å². The topological polar surface area (TPSA) is 29.5 Å². The monoisotopic (exact) mass is 365 g/mol. The standard InChI is InChI=1S/C22H23NO2S/c1-17-13-14-26-20(17)15-23(2)21(24)16-25-22(18-9-5-3-6-10-18)19-11-7-4-8-12-19/h3-14,22H,15-16H2,1-2H3. The Hall–Kier alpha value is -2.43. The van der Waals surface area contributed by atoms with Crippen LogP contribution in [0.2, 0.25) is 0 Å². The van der Waals surface area contributed by atoms with E-state index in [1.807, 2.05) is 67.7 Å². The number of hydrogen-bond donors (Lipinski definition) is 0. The van der Waals surface area contributed by atoms with Crippen LogP contribution in [0.3, 0.4) is 0 Å². The van der Waals surface area contributed by atoms with E-state index >= 15 is 0 Å². The second-order valence-corrected chi connectivity index (χ2v) is 7.29. The summed E-state index contributed by atoms with van der Waals surface area (Å²) in [5, 5.41) is 2.06. The molecule has 0 spiro atoms. The average Bonchev–Trinajstić information content (AvgIpc) is 3.08. The van der Waals surface area contributed by atoms with Crippen LogP contribution >= 0.6 is 11.3 Å². The number of carbonyl (C=O) groups excluding carboxylic acids is 1. The van der Waals surface area contributed by atoms with Gasteiger partial charge in [-0.25, -0.2) is 0 Å². The van der Waals surface area contributed by atoms with Crippen LogP contribution in [0.1, 0.15) is 27.7 Å². The van der Waals surface area contributed by atoms with Gasteiger partial charge in [0.15, 0.2) is 0 Å². The van der Waals surface area contributed by atoms with Crippen molar-refractivity contribution in [1.29, 1.82) is 0 Å². The van der Waals surface area contributed by atoms with Crippen LogP contribution in [0.15, 0.2) is 72.1 Å². The highest BCUT2D eigenvalue weighted by Crippen LogP contribution is 2.26. The maximum Gasteiger partial charge on any atom is 0.248 e. The summed E-state index contributed by atoms with van der Waals surface area (Å²) in [6.45, 7) is 2.74. The van der Waals surface area contributed by atoms with E-state index in [9.17, 15) is 4.79 Å². The number of carbonyl (C=O) groups is 1. The molecule has 0 N–H and O–H groups in total. The van der Waals surface area contributed by atoms with Gasteiger partial charge in [0.25, 0.3) is 0 Å². The average molecular weight is 365 g/mol. The molecule has 0 aliphatic carbocycles. The molecule has 0 aliphatic rings. The van der Waals surface area contributed by atoms with E-state index in [0.717, 1.165) is 11.1 Å². The molecule has 26 heavy (non-hydrogen) atoms. The molecule has 3 nitrogen and oxygen atoms in total. The van der Waals surface area contributed by atoms with E-state index in [4.69, 9.17) is 4.74 Å². The Balaban J connectivity index is 1.68. The highest BCUT2D eigenvalue weighted by atomic mass is 32.1. The summed E-state index contributed by atoms with van der Waals surface area (Å²) in [6, 6.07) is 22.1. The quantitative estimate of drug-likeness (QED) is 0.601. The zero-order valence-corrected chi connectivity index (χ0v) is 15.9. The van der Waals surface area contributed by atoms with E-state index in [0.29, 0.717) is 6.54 Å². The minimum absolute atomic E-state index is 0.0188. The third-order valence-electron chi connectivity index (χ3n) is 4.35. The molecular formula is C22H23NO2S. The van der Waals surface area contributed by atoms with Crippen molar-refractivity contribution >= 4 is 17.2 Å². The Labute approximate surface area is 158 Å². The number of benzene rings is 2. The van der Waals surface area contributed by atoms with Gasteiger partial charge in [-0.15, -0.1) is 11.3 Å². The Bertz CT molecular complexity index is 790. The molecular weight excluding hydrogens is 342 g/mol. The van der Waals surface area contributed by atoms with Crippen LogP contribution in [0, 0.1) is 6.92 Å². The van der Waals surface area contributed by atoms with Crippen LogP contribution in [-0.2, 0) is 16.1 Å². The van der Waals surface area contributed by atoms with Crippen molar-refractivity contribution in [3.8, 4) is 0 Å². The lowest BCUT2D eigenvalue weighted by Crippen LogP contribution is -2.30. The van der Waals surface area contributed by atoms with Crippen molar-refractivity contribution in [3.05, 3.63) is 93.7 Å². The molecule has 1 aromatic heterocycles. The number of aryl methyl sites for hydroxylation is 1. The zero-order chi connectivity index (χ0) is 18.4. The van der Waals surface area contributed by atoms with Gasteiger partial charge in [-0.2, -0.15) is 0 Å². The van der Waals surface area contributed by atoms with E-state index in [1.165, 1.54) is 10.4 Å². The van der Waals surface area contributed by atoms with Crippen LogP contribution in [0.4, 0.5) is 0 Å². The molecule has 4 heteroatoms. The number of likely N-dealkylation sites (N-methyl/N-ethyl adjacent to an activating group) is 1. The lowest BCUT2D eigenvalue weighted by atomic mass is 10.0. The molecule has 3 aromatic rings. The lowest BCUT2D eigenvalue weighted by molar-refractivity contribution is -0.136. The van der Waals surface area contributed by atoms with Gasteiger partial charge in [-0.3, -0.25) is 4.79 Å². The van der Waals surface area contributed by atoms with Gasteiger partial charge in [-0.05, 0) is 35.1 Å². The summed E-state index contributed by atoms with van der Waals surface area (Å²) < 4.78 is 6.06. The number of nitrogens with zero attached hydrogens (tertiary/aromatic N) is 1. The third-order valence-corrected chi connectivity index (χ3v) is 5.36. The SMILES string of the molecule is Cc1ccsc1CN(C)C(=O)COC(c1ccccc1)c1ccccc1. The fourth-order valence-electron chi connectivity index (χ4n) is 2.78. The van der Waals surface area contributed by atoms with Gasteiger partial charge in [0.1, 0.15) is 12.7 Å². The predicted octanol–water partition coefficient (Wildman–Crippen LogP) is 4.82. The maximum absolute atomic E-state index is 12.6. The summed E-state index contributed by atoms with van der Waals surface area (Å²) in [5.74, 6) is -0.0188. The second kappa shape index (κ2) is 8.79. The number of amides is 1. The van der Waals surface area contributed by atoms with Crippen molar-refractivity contribution < 1.29 is 9.53 Å².